The molecule has 1 aromatic carbocycles. The van der Waals surface area contributed by atoms with Gasteiger partial charge in [0.25, 0.3) is 0 Å². The van der Waals surface area contributed by atoms with E-state index in [1.807, 2.05) is 11.9 Å². The molecule has 0 aliphatic carbocycles. The van der Waals surface area contributed by atoms with Crippen LogP contribution in [0.15, 0.2) is 18.2 Å². The van der Waals surface area contributed by atoms with Gasteiger partial charge in [-0.25, -0.2) is 8.78 Å². The molecule has 0 N–H and O–H groups in total. The molecule has 0 radical (unpaired) electrons. The molecule has 0 unspecified atom stereocenters. The van der Waals surface area contributed by atoms with Crippen molar-refractivity contribution in [2.24, 2.45) is 5.92 Å². The fraction of sp³-hybridized carbons (Fsp3) is 0.500. The Kier molecular flexibility index (Phi) is 5.41. The lowest BCUT2D eigenvalue weighted by molar-refractivity contribution is 0.0939. The minimum atomic E-state index is -0.794. The molecular formula is C14H19F2NO. The largest absolute Gasteiger partial charge is 0.299 e. The van der Waals surface area contributed by atoms with E-state index in [1.54, 1.807) is 0 Å². The monoisotopic (exact) mass is 255 g/mol. The third kappa shape index (κ3) is 4.53. The van der Waals surface area contributed by atoms with Gasteiger partial charge in [0.15, 0.2) is 5.78 Å². The van der Waals surface area contributed by atoms with E-state index in [9.17, 15) is 13.6 Å². The molecule has 0 aromatic heterocycles. The van der Waals surface area contributed by atoms with Gasteiger partial charge in [-0.3, -0.25) is 9.69 Å². The number of halogens is 2. The molecule has 4 heteroatoms. The summed E-state index contributed by atoms with van der Waals surface area (Å²) in [6.07, 6.45) is 0.982. The molecule has 100 valence electrons. The topological polar surface area (TPSA) is 20.3 Å². The van der Waals surface area contributed by atoms with Crippen LogP contribution in [0, 0.1) is 17.6 Å². The van der Waals surface area contributed by atoms with Crippen molar-refractivity contribution in [2.75, 3.05) is 20.1 Å². The summed E-state index contributed by atoms with van der Waals surface area (Å²) >= 11 is 0. The van der Waals surface area contributed by atoms with Crippen molar-refractivity contribution in [3.05, 3.63) is 35.4 Å². The van der Waals surface area contributed by atoms with E-state index in [-0.39, 0.29) is 17.9 Å². The summed E-state index contributed by atoms with van der Waals surface area (Å²) < 4.78 is 26.1. The minimum Gasteiger partial charge on any atom is -0.299 e. The summed E-state index contributed by atoms with van der Waals surface area (Å²) in [5.74, 6) is -1.22. The van der Waals surface area contributed by atoms with Gasteiger partial charge >= 0.3 is 0 Å². The lowest BCUT2D eigenvalue weighted by Gasteiger charge is -2.17. The summed E-state index contributed by atoms with van der Waals surface area (Å²) in [6, 6.07) is 3.04. The molecule has 2 nitrogen and oxygen atoms in total. The van der Waals surface area contributed by atoms with Crippen molar-refractivity contribution in [3.63, 3.8) is 0 Å². The molecule has 0 saturated carbocycles. The lowest BCUT2D eigenvalue weighted by Crippen LogP contribution is -2.28. The lowest BCUT2D eigenvalue weighted by atomic mass is 10.1. The first kappa shape index (κ1) is 14.8. The van der Waals surface area contributed by atoms with E-state index < -0.39 is 11.6 Å². The number of hydrogen-bond donors (Lipinski definition) is 0. The van der Waals surface area contributed by atoms with Gasteiger partial charge in [0.1, 0.15) is 11.6 Å². The molecule has 0 fully saturated rings. The molecule has 0 saturated heterocycles. The highest BCUT2D eigenvalue weighted by Gasteiger charge is 2.14. The van der Waals surface area contributed by atoms with Gasteiger partial charge in [0, 0.05) is 6.07 Å². The van der Waals surface area contributed by atoms with Crippen molar-refractivity contribution < 1.29 is 13.6 Å². The van der Waals surface area contributed by atoms with Crippen LogP contribution in [0.5, 0.6) is 0 Å². The Hall–Kier alpha value is -1.29. The molecule has 0 atom stereocenters. The number of rotatable bonds is 6. The van der Waals surface area contributed by atoms with E-state index in [0.717, 1.165) is 25.1 Å². The zero-order valence-electron chi connectivity index (χ0n) is 11.0. The maximum absolute atomic E-state index is 13.4. The van der Waals surface area contributed by atoms with E-state index >= 15 is 0 Å². The molecule has 0 spiro atoms. The molecule has 0 aliphatic heterocycles. The van der Waals surface area contributed by atoms with Crippen LogP contribution >= 0.6 is 0 Å². The van der Waals surface area contributed by atoms with Crippen LogP contribution in [-0.2, 0) is 0 Å². The van der Waals surface area contributed by atoms with Crippen LogP contribution < -0.4 is 0 Å². The standard InChI is InChI=1S/C14H19F2NO/c1-10(2)6-7-17(3)9-14(18)12-5-4-11(15)8-13(12)16/h4-5,8,10H,6-7,9H2,1-3H3. The predicted molar refractivity (Wildman–Crippen MR) is 67.6 cm³/mol. The number of benzene rings is 1. The quantitative estimate of drug-likeness (QED) is 0.728. The molecular weight excluding hydrogens is 236 g/mol. The fourth-order valence-electron chi connectivity index (χ4n) is 1.60. The van der Waals surface area contributed by atoms with Gasteiger partial charge < -0.3 is 0 Å². The summed E-state index contributed by atoms with van der Waals surface area (Å²) in [5, 5.41) is 0. The van der Waals surface area contributed by atoms with Crippen molar-refractivity contribution in [1.82, 2.24) is 4.90 Å². The maximum atomic E-state index is 13.4. The SMILES string of the molecule is CC(C)CCN(C)CC(=O)c1ccc(F)cc1F. The van der Waals surface area contributed by atoms with Gasteiger partial charge in [0.2, 0.25) is 0 Å². The number of carbonyl (C=O) groups is 1. The molecule has 0 aliphatic rings. The van der Waals surface area contributed by atoms with Gasteiger partial charge in [-0.2, -0.15) is 0 Å². The van der Waals surface area contributed by atoms with Gasteiger partial charge in [-0.15, -0.1) is 0 Å². The highest BCUT2D eigenvalue weighted by atomic mass is 19.1. The number of likely N-dealkylation sites (N-methyl/N-ethyl adjacent to an activating group) is 1. The van der Waals surface area contributed by atoms with Crippen LogP contribution in [0.1, 0.15) is 30.6 Å². The van der Waals surface area contributed by atoms with Crippen LogP contribution in [-0.4, -0.2) is 30.8 Å². The smallest absolute Gasteiger partial charge is 0.179 e. The zero-order valence-corrected chi connectivity index (χ0v) is 11.0. The highest BCUT2D eigenvalue weighted by molar-refractivity contribution is 5.97. The van der Waals surface area contributed by atoms with E-state index in [1.165, 1.54) is 6.07 Å². The predicted octanol–water partition coefficient (Wildman–Crippen LogP) is 3.13. The average molecular weight is 255 g/mol. The Morgan fingerprint density at radius 3 is 2.56 bits per heavy atom. The van der Waals surface area contributed by atoms with Crippen LogP contribution in [0.2, 0.25) is 0 Å². The van der Waals surface area contributed by atoms with Gasteiger partial charge in [-0.1, -0.05) is 13.8 Å². The minimum absolute atomic E-state index is 0.0483. The molecule has 18 heavy (non-hydrogen) atoms. The fourth-order valence-corrected chi connectivity index (χ4v) is 1.60. The number of Topliss-reactive ketones (excluding diaryl/α,β-unsaturated/α-hetero) is 1. The third-order valence-electron chi connectivity index (χ3n) is 2.73. The van der Waals surface area contributed by atoms with Crippen molar-refractivity contribution in [3.8, 4) is 0 Å². The Bertz CT molecular complexity index is 418. The highest BCUT2D eigenvalue weighted by Crippen LogP contribution is 2.11. The van der Waals surface area contributed by atoms with E-state index in [2.05, 4.69) is 13.8 Å². The average Bonchev–Trinajstić information content (AvgIpc) is 2.26. The number of carbonyl (C=O) groups excluding carboxylic acids is 1. The van der Waals surface area contributed by atoms with Gasteiger partial charge in [-0.05, 0) is 38.1 Å². The molecule has 0 bridgehead atoms. The third-order valence-corrected chi connectivity index (χ3v) is 2.73. The second-order valence-corrected chi connectivity index (χ2v) is 4.97. The van der Waals surface area contributed by atoms with Crippen LogP contribution in [0.4, 0.5) is 8.78 Å². The van der Waals surface area contributed by atoms with E-state index in [4.69, 9.17) is 0 Å². The molecule has 1 aromatic rings. The van der Waals surface area contributed by atoms with E-state index in [0.29, 0.717) is 5.92 Å². The second-order valence-electron chi connectivity index (χ2n) is 4.97. The summed E-state index contributed by atoms with van der Waals surface area (Å²) in [6.45, 7) is 5.14. The van der Waals surface area contributed by atoms with Crippen LogP contribution in [0.25, 0.3) is 0 Å². The maximum Gasteiger partial charge on any atom is 0.179 e. The Balaban J connectivity index is 2.59. The first-order chi connectivity index (χ1) is 8.40. The first-order valence-corrected chi connectivity index (χ1v) is 6.07. The summed E-state index contributed by atoms with van der Waals surface area (Å²) in [5.41, 5.74) is -0.0483. The summed E-state index contributed by atoms with van der Waals surface area (Å²) in [7, 11) is 1.82. The Labute approximate surface area is 107 Å². The molecule has 1 rings (SSSR count). The molecule has 0 amide bonds. The normalized spacial score (nSPS) is 11.3. The number of ketones is 1. The van der Waals surface area contributed by atoms with Gasteiger partial charge in [0.05, 0.1) is 12.1 Å². The molecule has 0 heterocycles. The van der Waals surface area contributed by atoms with Crippen molar-refractivity contribution in [1.29, 1.82) is 0 Å². The number of hydrogen-bond acceptors (Lipinski definition) is 2. The van der Waals surface area contributed by atoms with Crippen LogP contribution in [0.3, 0.4) is 0 Å². The van der Waals surface area contributed by atoms with Crippen molar-refractivity contribution in [2.45, 2.75) is 20.3 Å². The first-order valence-electron chi connectivity index (χ1n) is 6.07. The number of nitrogens with zero attached hydrogens (tertiary/aromatic N) is 1. The Morgan fingerprint density at radius 2 is 2.00 bits per heavy atom. The van der Waals surface area contributed by atoms with Crippen molar-refractivity contribution >= 4 is 5.78 Å². The second kappa shape index (κ2) is 6.59. The Morgan fingerprint density at radius 1 is 1.33 bits per heavy atom. The zero-order chi connectivity index (χ0) is 13.7. The summed E-state index contributed by atoms with van der Waals surface area (Å²) in [4.78, 5) is 13.7.